The molecule has 1 aromatic heterocycles. The molecule has 100 valence electrons. The average Bonchev–Trinajstić information content (AvgIpc) is 2.45. The van der Waals surface area contributed by atoms with Crippen LogP contribution in [0, 0.1) is 19.3 Å². The summed E-state index contributed by atoms with van der Waals surface area (Å²) in [7, 11) is 0. The third-order valence-electron chi connectivity index (χ3n) is 3.85. The summed E-state index contributed by atoms with van der Waals surface area (Å²) >= 11 is 1.79. The molecule has 1 nitrogen and oxygen atoms in total. The zero-order chi connectivity index (χ0) is 14.3. The Morgan fingerprint density at radius 2 is 2.00 bits per heavy atom. The second kappa shape index (κ2) is 4.88. The number of rotatable bonds is 2. The van der Waals surface area contributed by atoms with E-state index >= 15 is 0 Å². The Kier molecular flexibility index (Phi) is 3.19. The summed E-state index contributed by atoms with van der Waals surface area (Å²) < 4.78 is 2.42. The highest BCUT2D eigenvalue weighted by Crippen LogP contribution is 2.31. The molecule has 0 aliphatic carbocycles. The highest BCUT2D eigenvalue weighted by atomic mass is 32.1. The van der Waals surface area contributed by atoms with Crippen LogP contribution in [0.2, 0.25) is 0 Å². The lowest BCUT2D eigenvalue weighted by Crippen LogP contribution is -2.06. The fourth-order valence-corrected chi connectivity index (χ4v) is 3.98. The Morgan fingerprint density at radius 3 is 2.75 bits per heavy atom. The van der Waals surface area contributed by atoms with Crippen LogP contribution in [-0.2, 0) is 6.42 Å². The van der Waals surface area contributed by atoms with E-state index in [-0.39, 0.29) is 0 Å². The smallest absolute Gasteiger partial charge is 0.0715 e. The van der Waals surface area contributed by atoms with Crippen LogP contribution in [0.15, 0.2) is 43.0 Å². The highest BCUT2D eigenvalue weighted by molar-refractivity contribution is 7.24. The van der Waals surface area contributed by atoms with Gasteiger partial charge in [0.1, 0.15) is 0 Å². The summed E-state index contributed by atoms with van der Waals surface area (Å²) in [5, 5.41) is 11.4. The zero-order valence-corrected chi connectivity index (χ0v) is 12.6. The van der Waals surface area contributed by atoms with Gasteiger partial charge < -0.3 is 0 Å². The number of allylic oxidation sites excluding steroid dienone is 1. The van der Waals surface area contributed by atoms with Crippen molar-refractivity contribution in [3.8, 4) is 0 Å². The molecule has 0 amide bonds. The van der Waals surface area contributed by atoms with Gasteiger partial charge in [-0.2, -0.15) is 0 Å². The molecular formula is C18H17NS. The van der Waals surface area contributed by atoms with Crippen LogP contribution in [0.4, 0.5) is 0 Å². The van der Waals surface area contributed by atoms with Gasteiger partial charge in [0, 0.05) is 20.2 Å². The van der Waals surface area contributed by atoms with Gasteiger partial charge in [-0.15, -0.1) is 17.9 Å². The van der Waals surface area contributed by atoms with Crippen LogP contribution in [0.3, 0.4) is 0 Å². The molecule has 20 heavy (non-hydrogen) atoms. The molecule has 0 aliphatic heterocycles. The normalized spacial score (nSPS) is 11.1. The Labute approximate surface area is 122 Å². The van der Waals surface area contributed by atoms with E-state index in [2.05, 4.69) is 32.6 Å². The van der Waals surface area contributed by atoms with Crippen molar-refractivity contribution in [1.82, 2.24) is 0 Å². The van der Waals surface area contributed by atoms with E-state index in [1.165, 1.54) is 26.1 Å². The van der Waals surface area contributed by atoms with Gasteiger partial charge >= 0.3 is 0 Å². The van der Waals surface area contributed by atoms with Crippen LogP contribution >= 0.6 is 11.3 Å². The number of hydrogen-bond acceptors (Lipinski definition) is 2. The summed E-state index contributed by atoms with van der Waals surface area (Å²) in [5.74, 6) is 0. The molecule has 0 bridgehead atoms. The van der Waals surface area contributed by atoms with Gasteiger partial charge in [0.2, 0.25) is 0 Å². The Balaban J connectivity index is 2.60. The highest BCUT2D eigenvalue weighted by Gasteiger charge is 2.11. The SMILES string of the molecule is C=CCc1cc(C)c(C)c2sc3ccccc3c(=N)c12. The van der Waals surface area contributed by atoms with Gasteiger partial charge in [0.15, 0.2) is 0 Å². The molecule has 1 heterocycles. The maximum absolute atomic E-state index is 8.59. The van der Waals surface area contributed by atoms with E-state index in [0.717, 1.165) is 17.2 Å². The van der Waals surface area contributed by atoms with Crippen LogP contribution in [-0.4, -0.2) is 0 Å². The molecule has 2 aromatic carbocycles. The summed E-state index contributed by atoms with van der Waals surface area (Å²) in [6.07, 6.45) is 2.73. The molecular weight excluding hydrogens is 262 g/mol. The van der Waals surface area contributed by atoms with Crippen molar-refractivity contribution >= 4 is 31.5 Å². The molecule has 2 heteroatoms. The number of aryl methyl sites for hydroxylation is 2. The number of hydrogen-bond donors (Lipinski definition) is 1. The van der Waals surface area contributed by atoms with Crippen molar-refractivity contribution in [3.05, 3.63) is 65.0 Å². The predicted molar refractivity (Wildman–Crippen MR) is 88.6 cm³/mol. The largest absolute Gasteiger partial charge is 0.300 e. The molecule has 1 N–H and O–H groups in total. The van der Waals surface area contributed by atoms with E-state index in [1.54, 1.807) is 11.3 Å². The lowest BCUT2D eigenvalue weighted by Gasteiger charge is -2.12. The fourth-order valence-electron chi connectivity index (χ4n) is 2.68. The van der Waals surface area contributed by atoms with Crippen molar-refractivity contribution < 1.29 is 0 Å². The Bertz CT molecular complexity index is 887. The van der Waals surface area contributed by atoms with E-state index in [4.69, 9.17) is 5.41 Å². The van der Waals surface area contributed by atoms with E-state index < -0.39 is 0 Å². The van der Waals surface area contributed by atoms with Gasteiger partial charge in [-0.05, 0) is 43.0 Å². The van der Waals surface area contributed by atoms with E-state index in [9.17, 15) is 0 Å². The first-order valence-corrected chi connectivity index (χ1v) is 7.55. The van der Waals surface area contributed by atoms with Crippen molar-refractivity contribution in [2.45, 2.75) is 20.3 Å². The topological polar surface area (TPSA) is 23.9 Å². The minimum Gasteiger partial charge on any atom is -0.300 e. The molecule has 0 radical (unpaired) electrons. The van der Waals surface area contributed by atoms with Crippen LogP contribution < -0.4 is 5.36 Å². The number of benzene rings is 2. The second-order valence-electron chi connectivity index (χ2n) is 5.15. The summed E-state index contributed by atoms with van der Waals surface area (Å²) in [6.45, 7) is 8.15. The Hall–Kier alpha value is -1.93. The zero-order valence-electron chi connectivity index (χ0n) is 11.8. The lowest BCUT2D eigenvalue weighted by atomic mass is 9.98. The van der Waals surface area contributed by atoms with Crippen molar-refractivity contribution in [1.29, 1.82) is 5.41 Å². The Morgan fingerprint density at radius 1 is 1.25 bits per heavy atom. The molecule has 0 atom stereocenters. The molecule has 0 saturated carbocycles. The van der Waals surface area contributed by atoms with E-state index in [0.29, 0.717) is 5.36 Å². The second-order valence-corrected chi connectivity index (χ2v) is 6.20. The van der Waals surface area contributed by atoms with Crippen molar-refractivity contribution in [2.24, 2.45) is 0 Å². The van der Waals surface area contributed by atoms with Gasteiger partial charge in [-0.25, -0.2) is 0 Å². The quantitative estimate of drug-likeness (QED) is 0.510. The molecule has 0 fully saturated rings. The summed E-state index contributed by atoms with van der Waals surface area (Å²) in [6, 6.07) is 10.4. The lowest BCUT2D eigenvalue weighted by molar-refractivity contribution is 1.24. The molecule has 0 spiro atoms. The minimum atomic E-state index is 0.648. The van der Waals surface area contributed by atoms with Crippen molar-refractivity contribution in [3.63, 3.8) is 0 Å². The monoisotopic (exact) mass is 279 g/mol. The predicted octanol–water partition coefficient (Wildman–Crippen LogP) is 4.88. The molecule has 0 aliphatic rings. The summed E-state index contributed by atoms with van der Waals surface area (Å²) in [5.41, 5.74) is 3.79. The summed E-state index contributed by atoms with van der Waals surface area (Å²) in [4.78, 5) is 0. The molecule has 3 rings (SSSR count). The van der Waals surface area contributed by atoms with Crippen LogP contribution in [0.25, 0.3) is 20.2 Å². The molecule has 0 unspecified atom stereocenters. The van der Waals surface area contributed by atoms with E-state index in [1.807, 2.05) is 24.3 Å². The van der Waals surface area contributed by atoms with Gasteiger partial charge in [-0.3, -0.25) is 5.41 Å². The first-order chi connectivity index (χ1) is 9.63. The fraction of sp³-hybridized carbons (Fsp3) is 0.167. The van der Waals surface area contributed by atoms with Gasteiger partial charge in [0.05, 0.1) is 5.36 Å². The standard InChI is InChI=1S/C18H17NS/c1-4-7-13-10-11(2)12(3)18-16(13)17(19)14-8-5-6-9-15(14)20-18/h4-6,8-10,19H,1,7H2,2-3H3. The number of nitrogens with one attached hydrogen (secondary N) is 1. The van der Waals surface area contributed by atoms with Gasteiger partial charge in [-0.1, -0.05) is 30.3 Å². The maximum atomic E-state index is 8.59. The number of fused-ring (bicyclic) bond motifs is 2. The molecule has 3 aromatic rings. The minimum absolute atomic E-state index is 0.648. The maximum Gasteiger partial charge on any atom is 0.0715 e. The average molecular weight is 279 g/mol. The van der Waals surface area contributed by atoms with Crippen molar-refractivity contribution in [2.75, 3.05) is 0 Å². The van der Waals surface area contributed by atoms with Crippen LogP contribution in [0.1, 0.15) is 16.7 Å². The van der Waals surface area contributed by atoms with Gasteiger partial charge in [0.25, 0.3) is 0 Å². The van der Waals surface area contributed by atoms with Crippen LogP contribution in [0.5, 0.6) is 0 Å². The third kappa shape index (κ3) is 1.88. The molecule has 0 saturated heterocycles. The third-order valence-corrected chi connectivity index (χ3v) is 5.14. The first kappa shape index (κ1) is 13.1. The first-order valence-electron chi connectivity index (χ1n) is 6.73.